The van der Waals surface area contributed by atoms with Crippen molar-refractivity contribution >= 4 is 5.97 Å². The largest absolute Gasteiger partial charge is 0.433 e. The lowest BCUT2D eigenvalue weighted by molar-refractivity contribution is -0.407. The minimum Gasteiger partial charge on any atom is -0.433 e. The van der Waals surface area contributed by atoms with E-state index in [2.05, 4.69) is 27.7 Å². The van der Waals surface area contributed by atoms with Gasteiger partial charge in [0.15, 0.2) is 37.7 Å². The monoisotopic (exact) mass is 1350 g/mol. The lowest BCUT2D eigenvalue weighted by atomic mass is 9.42. The lowest BCUT2D eigenvalue weighted by Crippen LogP contribution is -2.68. The molecule has 10 fully saturated rings. The highest BCUT2D eigenvalue weighted by molar-refractivity contribution is 5.74. The lowest BCUT2D eigenvalue weighted by Gasteiger charge is -2.63. The maximum Gasteiger partial charge on any atom is 0.311 e. The van der Waals surface area contributed by atoms with Crippen LogP contribution >= 0.6 is 0 Å². The van der Waals surface area contributed by atoms with Crippen LogP contribution in [0.4, 0.5) is 0 Å². The first-order chi connectivity index (χ1) is 44.3. The van der Waals surface area contributed by atoms with Gasteiger partial charge in [-0.3, -0.25) is 4.79 Å². The number of aliphatic hydroxyl groups excluding tert-OH is 16. The zero-order chi connectivity index (χ0) is 67.8. The highest BCUT2D eigenvalue weighted by atomic mass is 16.8. The normalized spacial score (nSPS) is 56.1. The number of aliphatic hydroxyl groups is 16. The predicted octanol–water partition coefficient (Wildman–Crippen LogP) is -4.58. The average molecular weight is 1350 g/mol. The molecule has 31 nitrogen and oxygen atoms in total. The smallest absolute Gasteiger partial charge is 0.311 e. The molecule has 8 aliphatic heterocycles. The fourth-order valence-corrected chi connectivity index (χ4v) is 18.9. The molecular weight excluding hydrogens is 1250 g/mol. The number of hydrogen-bond acceptors (Lipinski definition) is 31. The van der Waals surface area contributed by atoms with E-state index < -0.39 is 222 Å². The summed E-state index contributed by atoms with van der Waals surface area (Å²) in [7, 11) is 0. The van der Waals surface area contributed by atoms with Crippen molar-refractivity contribution in [3.05, 3.63) is 11.1 Å². The standard InChI is InChI=1S/C63H100O31/c1-24-16-62(93-51(24)80)17-25(2)63(94-62)15-14-60(6)28-8-9-34-58(4,27(28)10-13-61(60,63)7)12-11-35(59(34,5)23-66)88-53-46(79)43(76)40(73)33(87-53)22-83-55-48(37(70)29(67)20-81-55)91-57-50(92-52-45(78)42(75)36(69)26(3)84-52)47(41(74)32(19-65)86-57)89-56-49(38(71)30(68)21-82-56)90-54-44(77)39(72)31(18-64)85-54/h24-26,29-50,52-57,64-79H,8-23H2,1-7H3/t24-,25-,26+,29+,30+,31+,32-,33-,34-,35+,36+,37+,38+,39+,40-,41-,42-,43+,44-,45-,46-,47+,48-,49-,50-,52+,53+,54+,55+,56+,57+,58-,59-,60+,61+,62+,63+/m1/s1. The van der Waals surface area contributed by atoms with Crippen molar-refractivity contribution in [1.82, 2.24) is 0 Å². The van der Waals surface area contributed by atoms with Crippen LogP contribution in [0, 0.1) is 39.4 Å². The molecule has 0 bridgehead atoms. The predicted molar refractivity (Wildman–Crippen MR) is 310 cm³/mol. The van der Waals surface area contributed by atoms with E-state index in [0.717, 1.165) is 38.5 Å². The highest BCUT2D eigenvalue weighted by Crippen LogP contribution is 2.76. The first-order valence-corrected chi connectivity index (χ1v) is 33.4. The number of rotatable bonds is 16. The number of ether oxygens (including phenoxy) is 14. The topological polar surface area (TPSA) is 470 Å². The minimum absolute atomic E-state index is 0.107. The van der Waals surface area contributed by atoms with Crippen LogP contribution in [-0.4, -0.2) is 311 Å². The Morgan fingerprint density at radius 1 is 0.500 bits per heavy atom. The fourth-order valence-electron chi connectivity index (χ4n) is 18.9. The number of esters is 1. The van der Waals surface area contributed by atoms with E-state index in [1.54, 1.807) is 0 Å². The van der Waals surface area contributed by atoms with Gasteiger partial charge in [-0.25, -0.2) is 0 Å². The summed E-state index contributed by atoms with van der Waals surface area (Å²) in [6.07, 6.45) is -41.9. The van der Waals surface area contributed by atoms with Gasteiger partial charge in [0.25, 0.3) is 0 Å². The molecule has 8 heterocycles. The van der Waals surface area contributed by atoms with Crippen molar-refractivity contribution in [3.8, 4) is 0 Å². The van der Waals surface area contributed by atoms with Crippen molar-refractivity contribution in [2.75, 3.05) is 39.6 Å². The molecule has 37 atom stereocenters. The van der Waals surface area contributed by atoms with E-state index in [0.29, 0.717) is 25.7 Å². The Morgan fingerprint density at radius 3 is 1.69 bits per heavy atom. The Bertz CT molecular complexity index is 2700. The summed E-state index contributed by atoms with van der Waals surface area (Å²) < 4.78 is 85.9. The molecule has 31 heteroatoms. The zero-order valence-electron chi connectivity index (χ0n) is 54.0. The minimum atomic E-state index is -2.06. The Labute approximate surface area is 543 Å². The number of allylic oxidation sites excluding steroid dienone is 2. The molecule has 4 aliphatic carbocycles. The summed E-state index contributed by atoms with van der Waals surface area (Å²) in [5, 5.41) is 177. The molecule has 0 radical (unpaired) electrons. The van der Waals surface area contributed by atoms with Crippen molar-refractivity contribution in [3.63, 3.8) is 0 Å². The molecule has 2 saturated carbocycles. The van der Waals surface area contributed by atoms with Crippen molar-refractivity contribution < 1.29 is 153 Å². The van der Waals surface area contributed by atoms with Crippen LogP contribution in [-0.2, 0) is 71.1 Å². The molecule has 0 aromatic rings. The summed E-state index contributed by atoms with van der Waals surface area (Å²) in [6.45, 7) is 10.5. The Hall–Kier alpha value is -1.95. The molecule has 0 amide bonds. The Kier molecular flexibility index (Phi) is 20.5. The van der Waals surface area contributed by atoms with Gasteiger partial charge in [-0.15, -0.1) is 0 Å². The molecule has 94 heavy (non-hydrogen) atoms. The van der Waals surface area contributed by atoms with E-state index >= 15 is 0 Å². The number of hydrogen-bond donors (Lipinski definition) is 16. The van der Waals surface area contributed by atoms with Gasteiger partial charge in [0.05, 0.1) is 63.4 Å². The number of carbonyl (C=O) groups excluding carboxylic acids is 1. The van der Waals surface area contributed by atoms with Crippen molar-refractivity contribution in [2.24, 2.45) is 39.4 Å². The fraction of sp³-hybridized carbons (Fsp3) is 0.952. The van der Waals surface area contributed by atoms with Gasteiger partial charge in [-0.2, -0.15) is 0 Å². The second-order valence-corrected chi connectivity index (χ2v) is 29.9. The number of fused-ring (bicyclic) bond motifs is 5. The summed E-state index contributed by atoms with van der Waals surface area (Å²) in [5.41, 5.74) is 0.604. The first kappa shape index (κ1) is 71.9. The third-order valence-electron chi connectivity index (χ3n) is 24.6. The third-order valence-corrected chi connectivity index (χ3v) is 24.6. The second kappa shape index (κ2) is 26.8. The molecule has 538 valence electrons. The van der Waals surface area contributed by atoms with Crippen molar-refractivity contribution in [1.29, 1.82) is 0 Å². The molecule has 0 aromatic heterocycles. The van der Waals surface area contributed by atoms with Gasteiger partial charge in [0.2, 0.25) is 5.79 Å². The van der Waals surface area contributed by atoms with E-state index in [1.807, 2.05) is 13.8 Å². The van der Waals surface area contributed by atoms with Gasteiger partial charge in [-0.1, -0.05) is 52.7 Å². The number of carbonyl (C=O) groups is 1. The van der Waals surface area contributed by atoms with Crippen molar-refractivity contribution in [2.45, 2.75) is 296 Å². The molecule has 16 N–H and O–H groups in total. The van der Waals surface area contributed by atoms with Gasteiger partial charge in [0.1, 0.15) is 122 Å². The van der Waals surface area contributed by atoms with Gasteiger partial charge in [-0.05, 0) is 81.0 Å². The average Bonchev–Trinajstić information content (AvgIpc) is 1.40. The van der Waals surface area contributed by atoms with E-state index in [1.165, 1.54) is 18.1 Å². The summed E-state index contributed by atoms with van der Waals surface area (Å²) >= 11 is 0. The van der Waals surface area contributed by atoms with E-state index in [9.17, 15) is 86.5 Å². The van der Waals surface area contributed by atoms with Crippen LogP contribution in [0.1, 0.15) is 113 Å². The molecule has 0 aromatic carbocycles. The quantitative estimate of drug-likeness (QED) is 0.0511. The molecule has 0 unspecified atom stereocenters. The molecule has 2 spiro atoms. The zero-order valence-corrected chi connectivity index (χ0v) is 54.0. The van der Waals surface area contributed by atoms with E-state index in [-0.39, 0.29) is 46.6 Å². The van der Waals surface area contributed by atoms with Crippen LogP contribution in [0.2, 0.25) is 0 Å². The molecular formula is C63H100O31. The summed E-state index contributed by atoms with van der Waals surface area (Å²) in [5.74, 6) is -1.32. The van der Waals surface area contributed by atoms with Crippen LogP contribution in [0.25, 0.3) is 0 Å². The van der Waals surface area contributed by atoms with Crippen LogP contribution < -0.4 is 0 Å². The Balaban J connectivity index is 0.760. The molecule has 12 aliphatic rings. The molecule has 12 rings (SSSR count). The highest BCUT2D eigenvalue weighted by Gasteiger charge is 2.75. The third kappa shape index (κ3) is 11.7. The first-order valence-electron chi connectivity index (χ1n) is 33.4. The van der Waals surface area contributed by atoms with Gasteiger partial charge >= 0.3 is 5.97 Å². The Morgan fingerprint density at radius 2 is 1.05 bits per heavy atom. The maximum atomic E-state index is 12.8. The second-order valence-electron chi connectivity index (χ2n) is 29.9. The van der Waals surface area contributed by atoms with Crippen LogP contribution in [0.15, 0.2) is 11.1 Å². The van der Waals surface area contributed by atoms with Gasteiger partial charge in [0, 0.05) is 23.7 Å². The van der Waals surface area contributed by atoms with E-state index in [4.69, 9.17) is 66.3 Å². The summed E-state index contributed by atoms with van der Waals surface area (Å²) in [6, 6.07) is 0. The summed E-state index contributed by atoms with van der Waals surface area (Å²) in [4.78, 5) is 12.8. The molecule has 8 saturated heterocycles. The van der Waals surface area contributed by atoms with Crippen LogP contribution in [0.5, 0.6) is 0 Å². The SMILES string of the molecule is C[C@@H]1C[C@]2(C[C@@H](C)[C@]3(CC[C@@]4(C)C5=C(CC[C@@]43C)[C@@]3(C)CC[C@H](O[C@@H]4O[C@H](CO[C@@H]6OC[C@H](O)[C@H](O)[C@H]6O[C@@H]6O[C@H](CO)[C@@H](O)[C@H](O[C@@H]7OC[C@H](O)[C@H](O)[C@H]7O[C@@H]7O[C@@H](CO)[C@H](O)[C@H]7O)[C@H]6O[C@@H]6O[C@@H](C)[C@H](O)[C@@H](O)[C@H]6O)[C@@H](O)[C@H](O)[C@H]4O)[C@](C)(CO)[C@@H]3CC5)O2)OC1=O. The van der Waals surface area contributed by atoms with Gasteiger partial charge < -0.3 is 148 Å². The van der Waals surface area contributed by atoms with Crippen LogP contribution in [0.3, 0.4) is 0 Å². The maximum absolute atomic E-state index is 12.8.